The number of ether oxygens (including phenoxy) is 2. The number of carbonyl (C=O) groups excluding carboxylic acids is 2. The van der Waals surface area contributed by atoms with Gasteiger partial charge in [0.1, 0.15) is 0 Å². The Labute approximate surface area is 109 Å². The van der Waals surface area contributed by atoms with Crippen LogP contribution in [0, 0.1) is 0 Å². The summed E-state index contributed by atoms with van der Waals surface area (Å²) < 4.78 is 9.79. The van der Waals surface area contributed by atoms with Crippen LogP contribution in [-0.4, -0.2) is 25.2 Å². The molecule has 0 saturated carbocycles. The van der Waals surface area contributed by atoms with Crippen molar-refractivity contribution in [3.05, 3.63) is 24.3 Å². The van der Waals surface area contributed by atoms with E-state index in [1.807, 2.05) is 13.8 Å². The van der Waals surface area contributed by atoms with E-state index < -0.39 is 11.9 Å². The Bertz CT molecular complexity index is 262. The molecule has 0 saturated heterocycles. The lowest BCUT2D eigenvalue weighted by Gasteiger charge is -1.98. The highest BCUT2D eigenvalue weighted by atomic mass is 16.5. The predicted octanol–water partition coefficient (Wildman–Crippen LogP) is 2.79. The Morgan fingerprint density at radius 2 is 1.22 bits per heavy atom. The summed E-state index contributed by atoms with van der Waals surface area (Å²) in [6, 6.07) is 0. The van der Waals surface area contributed by atoms with Crippen LogP contribution < -0.4 is 0 Å². The number of rotatable bonds is 9. The summed E-state index contributed by atoms with van der Waals surface area (Å²) in [4.78, 5) is 22.2. The standard InChI is InChI=1S/C14H22O4/c1-3-5-11-17-13(15)9-7-8-10-14(16)18-12-6-4-2/h7-10H,3-6,11-12H2,1-2H3/b9-7-,10-8-. The third-order valence-electron chi connectivity index (χ3n) is 2.06. The van der Waals surface area contributed by atoms with Gasteiger partial charge in [0.15, 0.2) is 0 Å². The molecule has 0 N–H and O–H groups in total. The molecule has 4 nitrogen and oxygen atoms in total. The Morgan fingerprint density at radius 3 is 1.56 bits per heavy atom. The van der Waals surface area contributed by atoms with Crippen LogP contribution >= 0.6 is 0 Å². The highest BCUT2D eigenvalue weighted by molar-refractivity contribution is 5.84. The molecule has 0 atom stereocenters. The van der Waals surface area contributed by atoms with Gasteiger partial charge in [-0.2, -0.15) is 0 Å². The summed E-state index contributed by atoms with van der Waals surface area (Å²) in [6.45, 7) is 4.91. The molecule has 0 radical (unpaired) electrons. The first-order chi connectivity index (χ1) is 8.70. The van der Waals surface area contributed by atoms with E-state index in [0.717, 1.165) is 25.7 Å². The van der Waals surface area contributed by atoms with Gasteiger partial charge in [0.05, 0.1) is 13.2 Å². The van der Waals surface area contributed by atoms with Crippen molar-refractivity contribution in [2.24, 2.45) is 0 Å². The maximum Gasteiger partial charge on any atom is 0.330 e. The van der Waals surface area contributed by atoms with Gasteiger partial charge in [0, 0.05) is 12.2 Å². The SMILES string of the molecule is CCCCOC(=O)/C=C\C=C/C(=O)OCCCC. The summed E-state index contributed by atoms with van der Waals surface area (Å²) in [5, 5.41) is 0. The van der Waals surface area contributed by atoms with Crippen molar-refractivity contribution < 1.29 is 19.1 Å². The van der Waals surface area contributed by atoms with Crippen molar-refractivity contribution in [3.63, 3.8) is 0 Å². The molecule has 0 aromatic carbocycles. The van der Waals surface area contributed by atoms with E-state index in [0.29, 0.717) is 13.2 Å². The van der Waals surface area contributed by atoms with Crippen LogP contribution in [0.5, 0.6) is 0 Å². The molecule has 0 fully saturated rings. The monoisotopic (exact) mass is 254 g/mol. The smallest absolute Gasteiger partial charge is 0.330 e. The Balaban J connectivity index is 3.72. The van der Waals surface area contributed by atoms with E-state index in [-0.39, 0.29) is 0 Å². The average molecular weight is 254 g/mol. The van der Waals surface area contributed by atoms with Crippen LogP contribution in [0.2, 0.25) is 0 Å². The average Bonchev–Trinajstić information content (AvgIpc) is 2.35. The third-order valence-corrected chi connectivity index (χ3v) is 2.06. The Morgan fingerprint density at radius 1 is 0.833 bits per heavy atom. The van der Waals surface area contributed by atoms with Gasteiger partial charge in [-0.15, -0.1) is 0 Å². The van der Waals surface area contributed by atoms with Crippen LogP contribution in [0.15, 0.2) is 24.3 Å². The van der Waals surface area contributed by atoms with E-state index in [1.54, 1.807) is 0 Å². The lowest BCUT2D eigenvalue weighted by molar-refractivity contribution is -0.138. The predicted molar refractivity (Wildman–Crippen MR) is 70.0 cm³/mol. The highest BCUT2D eigenvalue weighted by Crippen LogP contribution is 1.92. The van der Waals surface area contributed by atoms with Gasteiger partial charge in [-0.3, -0.25) is 0 Å². The maximum atomic E-state index is 11.1. The maximum absolute atomic E-state index is 11.1. The molecule has 0 aromatic rings. The second-order valence-electron chi connectivity index (χ2n) is 3.76. The van der Waals surface area contributed by atoms with Crippen molar-refractivity contribution in [2.75, 3.05) is 13.2 Å². The Hall–Kier alpha value is -1.58. The van der Waals surface area contributed by atoms with Crippen LogP contribution in [-0.2, 0) is 19.1 Å². The molecular weight excluding hydrogens is 232 g/mol. The fraction of sp³-hybridized carbons (Fsp3) is 0.571. The van der Waals surface area contributed by atoms with Gasteiger partial charge >= 0.3 is 11.9 Å². The summed E-state index contributed by atoms with van der Waals surface area (Å²) >= 11 is 0. The number of unbranched alkanes of at least 4 members (excludes halogenated alkanes) is 2. The van der Waals surface area contributed by atoms with E-state index in [1.165, 1.54) is 24.3 Å². The van der Waals surface area contributed by atoms with Gasteiger partial charge in [-0.1, -0.05) is 38.8 Å². The summed E-state index contributed by atoms with van der Waals surface area (Å²) in [7, 11) is 0. The first-order valence-corrected chi connectivity index (χ1v) is 6.39. The van der Waals surface area contributed by atoms with Crippen molar-refractivity contribution in [1.82, 2.24) is 0 Å². The van der Waals surface area contributed by atoms with Crippen molar-refractivity contribution in [3.8, 4) is 0 Å². The van der Waals surface area contributed by atoms with E-state index >= 15 is 0 Å². The molecule has 0 rings (SSSR count). The second kappa shape index (κ2) is 11.9. The molecule has 0 amide bonds. The zero-order chi connectivity index (χ0) is 13.6. The number of hydrogen-bond donors (Lipinski definition) is 0. The molecule has 0 aromatic heterocycles. The zero-order valence-corrected chi connectivity index (χ0v) is 11.2. The second-order valence-corrected chi connectivity index (χ2v) is 3.76. The van der Waals surface area contributed by atoms with Crippen LogP contribution in [0.1, 0.15) is 39.5 Å². The van der Waals surface area contributed by atoms with Gasteiger partial charge in [0.25, 0.3) is 0 Å². The molecule has 0 unspecified atom stereocenters. The van der Waals surface area contributed by atoms with Crippen molar-refractivity contribution >= 4 is 11.9 Å². The van der Waals surface area contributed by atoms with Crippen molar-refractivity contribution in [1.29, 1.82) is 0 Å². The first-order valence-electron chi connectivity index (χ1n) is 6.39. The third kappa shape index (κ3) is 10.9. The Kier molecular flexibility index (Phi) is 10.8. The van der Waals surface area contributed by atoms with Gasteiger partial charge < -0.3 is 9.47 Å². The molecule has 0 aliphatic heterocycles. The lowest BCUT2D eigenvalue weighted by Crippen LogP contribution is -2.02. The lowest BCUT2D eigenvalue weighted by atomic mass is 10.3. The number of esters is 2. The molecule has 102 valence electrons. The number of hydrogen-bond acceptors (Lipinski definition) is 4. The van der Waals surface area contributed by atoms with Crippen LogP contribution in [0.3, 0.4) is 0 Å². The molecular formula is C14H22O4. The minimum atomic E-state index is -0.396. The van der Waals surface area contributed by atoms with Gasteiger partial charge in [0.2, 0.25) is 0 Å². The van der Waals surface area contributed by atoms with E-state index in [4.69, 9.17) is 9.47 Å². The minimum Gasteiger partial charge on any atom is -0.463 e. The largest absolute Gasteiger partial charge is 0.463 e. The normalized spacial score (nSPS) is 11.0. The van der Waals surface area contributed by atoms with Gasteiger partial charge in [-0.05, 0) is 12.8 Å². The minimum absolute atomic E-state index is 0.396. The first kappa shape index (κ1) is 16.4. The summed E-state index contributed by atoms with van der Waals surface area (Å²) in [6.07, 6.45) is 9.20. The van der Waals surface area contributed by atoms with Crippen LogP contribution in [0.25, 0.3) is 0 Å². The molecule has 4 heteroatoms. The molecule has 0 bridgehead atoms. The molecule has 0 spiro atoms. The zero-order valence-electron chi connectivity index (χ0n) is 11.2. The molecule has 0 aliphatic rings. The topological polar surface area (TPSA) is 52.6 Å². The molecule has 0 heterocycles. The quantitative estimate of drug-likeness (QED) is 0.275. The number of allylic oxidation sites excluding steroid dienone is 2. The fourth-order valence-corrected chi connectivity index (χ4v) is 0.999. The van der Waals surface area contributed by atoms with E-state index in [2.05, 4.69) is 0 Å². The van der Waals surface area contributed by atoms with E-state index in [9.17, 15) is 9.59 Å². The summed E-state index contributed by atoms with van der Waals surface area (Å²) in [5.41, 5.74) is 0. The number of carbonyl (C=O) groups is 2. The van der Waals surface area contributed by atoms with Crippen LogP contribution in [0.4, 0.5) is 0 Å². The summed E-state index contributed by atoms with van der Waals surface area (Å²) in [5.74, 6) is -0.792. The molecule has 18 heavy (non-hydrogen) atoms. The molecule has 0 aliphatic carbocycles. The fourth-order valence-electron chi connectivity index (χ4n) is 0.999. The van der Waals surface area contributed by atoms with Crippen molar-refractivity contribution in [2.45, 2.75) is 39.5 Å². The van der Waals surface area contributed by atoms with Gasteiger partial charge in [-0.25, -0.2) is 9.59 Å². The highest BCUT2D eigenvalue weighted by Gasteiger charge is 1.95.